The molecule has 1 aliphatic heterocycles. The average Bonchev–Trinajstić information content (AvgIpc) is 3.22. The van der Waals surface area contributed by atoms with Gasteiger partial charge in [-0.15, -0.1) is 0 Å². The zero-order valence-corrected chi connectivity index (χ0v) is 17.8. The molecule has 33 heavy (non-hydrogen) atoms. The Morgan fingerprint density at radius 1 is 0.939 bits per heavy atom. The van der Waals surface area contributed by atoms with Crippen molar-refractivity contribution in [1.29, 1.82) is 5.26 Å². The molecule has 0 bridgehead atoms. The van der Waals surface area contributed by atoms with Crippen LogP contribution in [0.25, 0.3) is 5.70 Å². The first-order valence-electron chi connectivity index (χ1n) is 10.2. The van der Waals surface area contributed by atoms with Crippen molar-refractivity contribution in [3.05, 3.63) is 107 Å². The monoisotopic (exact) mass is 436 g/mol. The number of carbonyl (C=O) groups excluding carboxylic acids is 2. The Hall–Kier alpha value is -4.70. The molecule has 0 aromatic heterocycles. The first kappa shape index (κ1) is 21.5. The van der Waals surface area contributed by atoms with Gasteiger partial charge in [-0.2, -0.15) is 5.26 Å². The summed E-state index contributed by atoms with van der Waals surface area (Å²) in [4.78, 5) is 30.0. The number of hydrogen-bond donors (Lipinski definition) is 2. The molecule has 2 amide bonds. The number of ether oxygens (including phenoxy) is 1. The predicted octanol–water partition coefficient (Wildman–Crippen LogP) is 3.44. The fourth-order valence-electron chi connectivity index (χ4n) is 3.41. The minimum atomic E-state index is -0.530. The molecule has 0 saturated carbocycles. The van der Waals surface area contributed by atoms with E-state index in [0.29, 0.717) is 22.4 Å². The molecular formula is C26H20N4O3. The van der Waals surface area contributed by atoms with Crippen molar-refractivity contribution >= 4 is 23.3 Å². The fourth-order valence-corrected chi connectivity index (χ4v) is 3.41. The standard InChI is InChI=1S/C26H20N4O3/c1-33-19-13-11-18(12-14-19)25(31)30-24-21-10-6-5-9-20(21)23(29-24)22(15-27)26(32)28-16-17-7-3-2-4-8-17/h2-14H,16H2,1H3,(H,28,32)(H,29,30,31)/b23-22-. The van der Waals surface area contributed by atoms with Gasteiger partial charge in [0, 0.05) is 23.2 Å². The van der Waals surface area contributed by atoms with Gasteiger partial charge in [0.25, 0.3) is 11.8 Å². The molecule has 1 aliphatic rings. The molecule has 0 fully saturated rings. The Bertz CT molecular complexity index is 1300. The second-order valence-corrected chi connectivity index (χ2v) is 7.19. The maximum Gasteiger partial charge on any atom is 0.264 e. The molecule has 0 radical (unpaired) electrons. The van der Waals surface area contributed by atoms with Gasteiger partial charge < -0.3 is 15.4 Å². The van der Waals surface area contributed by atoms with E-state index in [1.54, 1.807) is 55.6 Å². The van der Waals surface area contributed by atoms with Gasteiger partial charge in [-0.05, 0) is 29.8 Å². The number of aliphatic imine (C=N–C) groups is 1. The van der Waals surface area contributed by atoms with Crippen LogP contribution in [-0.2, 0) is 11.3 Å². The third-order valence-corrected chi connectivity index (χ3v) is 5.12. The minimum Gasteiger partial charge on any atom is -0.497 e. The van der Waals surface area contributed by atoms with Crippen molar-refractivity contribution in [3.8, 4) is 11.8 Å². The summed E-state index contributed by atoms with van der Waals surface area (Å²) in [6.07, 6.45) is 0. The first-order valence-corrected chi connectivity index (χ1v) is 10.2. The van der Waals surface area contributed by atoms with Gasteiger partial charge in [-0.1, -0.05) is 54.6 Å². The summed E-state index contributed by atoms with van der Waals surface area (Å²) in [6.45, 7) is 0.282. The van der Waals surface area contributed by atoms with Crippen molar-refractivity contribution in [2.75, 3.05) is 7.11 Å². The SMILES string of the molecule is COc1ccc(C(=O)NC2=N/C(=C(/C#N)C(=O)NCc3ccccc3)c3ccccc32)cc1. The summed E-state index contributed by atoms with van der Waals surface area (Å²) in [5.74, 6) is 0.0302. The van der Waals surface area contributed by atoms with Gasteiger partial charge in [-0.25, -0.2) is 4.99 Å². The highest BCUT2D eigenvalue weighted by atomic mass is 16.5. The number of nitrogens with zero attached hydrogens (tertiary/aromatic N) is 2. The number of nitriles is 1. The van der Waals surface area contributed by atoms with Crippen LogP contribution in [-0.4, -0.2) is 24.8 Å². The molecule has 0 saturated heterocycles. The Morgan fingerprint density at radius 3 is 2.27 bits per heavy atom. The normalized spacial score (nSPS) is 13.3. The lowest BCUT2D eigenvalue weighted by atomic mass is 10.0. The van der Waals surface area contributed by atoms with E-state index < -0.39 is 5.91 Å². The van der Waals surface area contributed by atoms with Crippen molar-refractivity contribution in [2.24, 2.45) is 4.99 Å². The summed E-state index contributed by atoms with van der Waals surface area (Å²) in [6, 6.07) is 25.2. The van der Waals surface area contributed by atoms with Crippen molar-refractivity contribution < 1.29 is 14.3 Å². The van der Waals surface area contributed by atoms with E-state index >= 15 is 0 Å². The van der Waals surface area contributed by atoms with E-state index in [-0.39, 0.29) is 29.6 Å². The first-order chi connectivity index (χ1) is 16.1. The third-order valence-electron chi connectivity index (χ3n) is 5.12. The molecule has 1 heterocycles. The molecule has 162 valence electrons. The van der Waals surface area contributed by atoms with Crippen LogP contribution in [0.4, 0.5) is 0 Å². The third kappa shape index (κ3) is 4.65. The van der Waals surface area contributed by atoms with Crippen LogP contribution in [0.3, 0.4) is 0 Å². The van der Waals surface area contributed by atoms with Gasteiger partial charge in [0.1, 0.15) is 23.2 Å². The van der Waals surface area contributed by atoms with Crippen molar-refractivity contribution in [1.82, 2.24) is 10.6 Å². The van der Waals surface area contributed by atoms with Crippen molar-refractivity contribution in [2.45, 2.75) is 6.54 Å². The van der Waals surface area contributed by atoms with E-state index in [1.165, 1.54) is 0 Å². The number of nitrogens with one attached hydrogen (secondary N) is 2. The van der Waals surface area contributed by atoms with Crippen LogP contribution in [0.15, 0.2) is 89.4 Å². The van der Waals surface area contributed by atoms with E-state index in [0.717, 1.165) is 5.56 Å². The molecule has 0 unspecified atom stereocenters. The van der Waals surface area contributed by atoms with Gasteiger partial charge in [0.15, 0.2) is 0 Å². The highest BCUT2D eigenvalue weighted by Crippen LogP contribution is 2.30. The second-order valence-electron chi connectivity index (χ2n) is 7.19. The highest BCUT2D eigenvalue weighted by Gasteiger charge is 2.27. The summed E-state index contributed by atoms with van der Waals surface area (Å²) < 4.78 is 5.12. The van der Waals surface area contributed by atoms with Crippen LogP contribution in [0.5, 0.6) is 5.75 Å². The number of benzene rings is 3. The maximum atomic E-state index is 12.8. The summed E-state index contributed by atoms with van der Waals surface area (Å²) in [7, 11) is 1.55. The Morgan fingerprint density at radius 2 is 1.61 bits per heavy atom. The second kappa shape index (κ2) is 9.62. The lowest BCUT2D eigenvalue weighted by molar-refractivity contribution is -0.117. The molecule has 0 atom stereocenters. The summed E-state index contributed by atoms with van der Waals surface area (Å²) in [5.41, 5.74) is 2.69. The molecule has 4 rings (SSSR count). The number of hydrogen-bond acceptors (Lipinski definition) is 5. The number of methoxy groups -OCH3 is 1. The van der Waals surface area contributed by atoms with Crippen LogP contribution in [0, 0.1) is 11.3 Å². The lowest BCUT2D eigenvalue weighted by Gasteiger charge is -2.07. The predicted molar refractivity (Wildman–Crippen MR) is 124 cm³/mol. The van der Waals surface area contributed by atoms with Crippen LogP contribution < -0.4 is 15.4 Å². The fraction of sp³-hybridized carbons (Fsp3) is 0.0769. The lowest BCUT2D eigenvalue weighted by Crippen LogP contribution is -2.30. The smallest absolute Gasteiger partial charge is 0.264 e. The average molecular weight is 436 g/mol. The zero-order chi connectivity index (χ0) is 23.2. The van der Waals surface area contributed by atoms with Gasteiger partial charge in [0.2, 0.25) is 0 Å². The molecule has 3 aromatic rings. The summed E-state index contributed by atoms with van der Waals surface area (Å²) in [5, 5.41) is 15.3. The molecule has 7 heteroatoms. The van der Waals surface area contributed by atoms with Gasteiger partial charge in [-0.3, -0.25) is 9.59 Å². The van der Waals surface area contributed by atoms with Crippen LogP contribution in [0.2, 0.25) is 0 Å². The van der Waals surface area contributed by atoms with Crippen LogP contribution in [0.1, 0.15) is 27.0 Å². The minimum absolute atomic E-state index is 0.118. The zero-order valence-electron chi connectivity index (χ0n) is 17.8. The Labute approximate surface area is 191 Å². The number of fused-ring (bicyclic) bond motifs is 1. The number of carbonyl (C=O) groups is 2. The largest absolute Gasteiger partial charge is 0.497 e. The number of amides is 2. The quantitative estimate of drug-likeness (QED) is 0.472. The maximum absolute atomic E-state index is 12.8. The molecule has 0 aliphatic carbocycles. The molecule has 3 aromatic carbocycles. The van der Waals surface area contributed by atoms with E-state index in [9.17, 15) is 14.9 Å². The Kier molecular flexibility index (Phi) is 6.28. The topological polar surface area (TPSA) is 104 Å². The van der Waals surface area contributed by atoms with E-state index in [1.807, 2.05) is 36.4 Å². The summed E-state index contributed by atoms with van der Waals surface area (Å²) >= 11 is 0. The van der Waals surface area contributed by atoms with E-state index in [2.05, 4.69) is 15.6 Å². The van der Waals surface area contributed by atoms with Crippen LogP contribution >= 0.6 is 0 Å². The van der Waals surface area contributed by atoms with Gasteiger partial charge in [0.05, 0.1) is 12.8 Å². The molecule has 7 nitrogen and oxygen atoms in total. The molecule has 2 N–H and O–H groups in total. The van der Waals surface area contributed by atoms with Gasteiger partial charge >= 0.3 is 0 Å². The number of amidine groups is 1. The Balaban J connectivity index is 1.61. The molecular weight excluding hydrogens is 416 g/mol. The number of rotatable bonds is 5. The van der Waals surface area contributed by atoms with E-state index in [4.69, 9.17) is 4.74 Å². The highest BCUT2D eigenvalue weighted by molar-refractivity contribution is 6.20. The molecule has 0 spiro atoms. The van der Waals surface area contributed by atoms with Crippen molar-refractivity contribution in [3.63, 3.8) is 0 Å².